The molecule has 5 N–H and O–H groups in total. The van der Waals surface area contributed by atoms with Crippen LogP contribution >= 0.6 is 0 Å². The average Bonchev–Trinajstić information content (AvgIpc) is 2.72. The molecular formula is C22H28N3O2+3. The predicted octanol–water partition coefficient (Wildman–Crippen LogP) is -0.775. The summed E-state index contributed by atoms with van der Waals surface area (Å²) >= 11 is 0. The Bertz CT molecular complexity index is 892. The number of rotatable bonds is 5. The van der Waals surface area contributed by atoms with Gasteiger partial charge in [0.15, 0.2) is 11.9 Å². The number of quaternary nitrogens is 2. The van der Waals surface area contributed by atoms with Crippen LogP contribution in [0.1, 0.15) is 17.2 Å². The molecular weight excluding hydrogens is 338 g/mol. The van der Waals surface area contributed by atoms with Crippen molar-refractivity contribution in [3.8, 4) is 5.75 Å². The molecule has 5 heteroatoms. The number of aromatic amines is 1. The molecule has 0 amide bonds. The van der Waals surface area contributed by atoms with Gasteiger partial charge in [-0.05, 0) is 18.2 Å². The molecule has 1 aliphatic heterocycles. The molecule has 5 nitrogen and oxygen atoms in total. The maximum absolute atomic E-state index is 11.1. The molecule has 1 saturated heterocycles. The summed E-state index contributed by atoms with van der Waals surface area (Å²) in [6, 6.07) is 18.7. The first-order chi connectivity index (χ1) is 13.3. The number of aliphatic hydroxyl groups excluding tert-OH is 1. The standard InChI is InChI=1S/C22H25N3O2/c26-16-15-24-11-13-25(14-12-24)21(18-5-2-1-3-6-18)19-9-8-17-7-4-10-23-20(17)22(19)27/h1-10,21,26-27H,11-16H2/p+3. The molecule has 4 rings (SSSR count). The molecule has 0 saturated carbocycles. The maximum atomic E-state index is 11.1. The third kappa shape index (κ3) is 3.67. The molecule has 1 aromatic heterocycles. The lowest BCUT2D eigenvalue weighted by Crippen LogP contribution is -3.28. The van der Waals surface area contributed by atoms with Crippen molar-refractivity contribution in [2.24, 2.45) is 0 Å². The Morgan fingerprint density at radius 3 is 2.44 bits per heavy atom. The van der Waals surface area contributed by atoms with Crippen LogP contribution in [0, 0.1) is 0 Å². The van der Waals surface area contributed by atoms with Crippen LogP contribution in [-0.4, -0.2) is 49.5 Å². The number of fused-ring (bicyclic) bond motifs is 1. The number of aliphatic hydroxyl groups is 1. The van der Waals surface area contributed by atoms with E-state index in [1.807, 2.05) is 24.4 Å². The van der Waals surface area contributed by atoms with Crippen LogP contribution in [0.15, 0.2) is 60.8 Å². The van der Waals surface area contributed by atoms with E-state index < -0.39 is 0 Å². The van der Waals surface area contributed by atoms with Crippen molar-refractivity contribution >= 4 is 10.9 Å². The molecule has 0 bridgehead atoms. The van der Waals surface area contributed by atoms with Gasteiger partial charge in [-0.15, -0.1) is 0 Å². The summed E-state index contributed by atoms with van der Waals surface area (Å²) in [6.45, 7) is 5.18. The number of aromatic nitrogens is 1. The van der Waals surface area contributed by atoms with Crippen LogP contribution < -0.4 is 14.8 Å². The minimum atomic E-state index is 0.0971. The number of phenolic OH excluding ortho intramolecular Hbond substituents is 1. The number of hydrogen-bond donors (Lipinski definition) is 4. The SMILES string of the molecule is OCC[NH+]1CC[NH+](C(c2ccccc2)c2ccc3ccc[nH+]c3c2O)CC1. The van der Waals surface area contributed by atoms with Gasteiger partial charge in [0.2, 0.25) is 0 Å². The fourth-order valence-corrected chi connectivity index (χ4v) is 4.33. The Hall–Kier alpha value is -2.47. The summed E-state index contributed by atoms with van der Waals surface area (Å²) in [4.78, 5) is 6.13. The summed E-state index contributed by atoms with van der Waals surface area (Å²) in [5.74, 6) is 0.347. The molecule has 0 radical (unpaired) electrons. The molecule has 140 valence electrons. The van der Waals surface area contributed by atoms with Crippen molar-refractivity contribution in [1.82, 2.24) is 0 Å². The van der Waals surface area contributed by atoms with Crippen molar-refractivity contribution in [2.75, 3.05) is 39.3 Å². The van der Waals surface area contributed by atoms with Gasteiger partial charge in [-0.2, -0.15) is 0 Å². The van der Waals surface area contributed by atoms with E-state index in [0.29, 0.717) is 5.75 Å². The van der Waals surface area contributed by atoms with Gasteiger partial charge in [0.1, 0.15) is 38.8 Å². The van der Waals surface area contributed by atoms with E-state index in [-0.39, 0.29) is 12.6 Å². The minimum absolute atomic E-state index is 0.0971. The zero-order valence-corrected chi connectivity index (χ0v) is 15.5. The summed E-state index contributed by atoms with van der Waals surface area (Å²) in [6.07, 6.45) is 1.85. The van der Waals surface area contributed by atoms with Crippen molar-refractivity contribution in [3.05, 3.63) is 71.9 Å². The van der Waals surface area contributed by atoms with E-state index in [4.69, 9.17) is 0 Å². The monoisotopic (exact) mass is 366 g/mol. The van der Waals surface area contributed by atoms with Crippen LogP contribution in [0.5, 0.6) is 5.75 Å². The number of aromatic hydroxyl groups is 1. The largest absolute Gasteiger partial charge is 0.502 e. The van der Waals surface area contributed by atoms with Gasteiger partial charge < -0.3 is 20.0 Å². The third-order valence-corrected chi connectivity index (χ3v) is 5.76. The van der Waals surface area contributed by atoms with Crippen LogP contribution in [0.4, 0.5) is 0 Å². The summed E-state index contributed by atoms with van der Waals surface area (Å²) in [5, 5.41) is 21.3. The second kappa shape index (κ2) is 8.05. The number of piperazine rings is 1. The smallest absolute Gasteiger partial charge is 0.253 e. The molecule has 0 aliphatic carbocycles. The lowest BCUT2D eigenvalue weighted by molar-refractivity contribution is -1.02. The zero-order chi connectivity index (χ0) is 18.6. The number of phenols is 1. The van der Waals surface area contributed by atoms with E-state index in [2.05, 4.69) is 41.4 Å². The lowest BCUT2D eigenvalue weighted by atomic mass is 9.94. The van der Waals surface area contributed by atoms with Gasteiger partial charge in [-0.25, -0.2) is 4.98 Å². The van der Waals surface area contributed by atoms with Crippen LogP contribution in [0.3, 0.4) is 0 Å². The Kier molecular flexibility index (Phi) is 5.34. The minimum Gasteiger partial charge on any atom is -0.502 e. The molecule has 3 aromatic rings. The fraction of sp³-hybridized carbons (Fsp3) is 0.318. The van der Waals surface area contributed by atoms with Crippen molar-refractivity contribution in [1.29, 1.82) is 0 Å². The highest BCUT2D eigenvalue weighted by Crippen LogP contribution is 2.31. The van der Waals surface area contributed by atoms with Gasteiger partial charge in [0, 0.05) is 11.6 Å². The normalized spacial score (nSPS) is 21.2. The van der Waals surface area contributed by atoms with Crippen LogP contribution in [0.2, 0.25) is 0 Å². The summed E-state index contributed by atoms with van der Waals surface area (Å²) in [5.41, 5.74) is 2.99. The van der Waals surface area contributed by atoms with Crippen molar-refractivity contribution in [2.45, 2.75) is 6.04 Å². The molecule has 1 atom stereocenters. The van der Waals surface area contributed by atoms with E-state index in [1.165, 1.54) is 15.4 Å². The number of hydrogen-bond acceptors (Lipinski definition) is 2. The van der Waals surface area contributed by atoms with Crippen molar-refractivity contribution < 1.29 is 25.0 Å². The molecule has 1 unspecified atom stereocenters. The van der Waals surface area contributed by atoms with E-state index in [9.17, 15) is 10.2 Å². The molecule has 2 heterocycles. The highest BCUT2D eigenvalue weighted by Gasteiger charge is 2.34. The predicted molar refractivity (Wildman–Crippen MR) is 104 cm³/mol. The first-order valence-corrected chi connectivity index (χ1v) is 9.74. The van der Waals surface area contributed by atoms with Gasteiger partial charge in [-0.1, -0.05) is 30.3 Å². The van der Waals surface area contributed by atoms with Gasteiger partial charge >= 0.3 is 0 Å². The number of pyridine rings is 1. The topological polar surface area (TPSA) is 63.5 Å². The van der Waals surface area contributed by atoms with Gasteiger partial charge in [-0.3, -0.25) is 0 Å². The Morgan fingerprint density at radius 1 is 0.926 bits per heavy atom. The lowest BCUT2D eigenvalue weighted by Gasteiger charge is -2.35. The average molecular weight is 366 g/mol. The molecule has 27 heavy (non-hydrogen) atoms. The Balaban J connectivity index is 1.73. The number of nitrogens with one attached hydrogen (secondary N) is 3. The third-order valence-electron chi connectivity index (χ3n) is 5.76. The number of H-pyrrole nitrogens is 1. The van der Waals surface area contributed by atoms with Gasteiger partial charge in [0.25, 0.3) is 5.52 Å². The first kappa shape index (κ1) is 17.9. The zero-order valence-electron chi connectivity index (χ0n) is 15.5. The Morgan fingerprint density at radius 2 is 1.70 bits per heavy atom. The highest BCUT2D eigenvalue weighted by molar-refractivity contribution is 5.82. The van der Waals surface area contributed by atoms with E-state index in [1.54, 1.807) is 0 Å². The molecule has 1 aliphatic rings. The quantitative estimate of drug-likeness (QED) is 0.479. The van der Waals surface area contributed by atoms with E-state index in [0.717, 1.165) is 49.2 Å². The summed E-state index contributed by atoms with van der Waals surface area (Å²) < 4.78 is 0. The first-order valence-electron chi connectivity index (χ1n) is 9.74. The molecule has 1 fully saturated rings. The molecule has 0 spiro atoms. The fourth-order valence-electron chi connectivity index (χ4n) is 4.33. The van der Waals surface area contributed by atoms with Crippen molar-refractivity contribution in [3.63, 3.8) is 0 Å². The molecule has 2 aromatic carbocycles. The van der Waals surface area contributed by atoms with E-state index >= 15 is 0 Å². The highest BCUT2D eigenvalue weighted by atomic mass is 16.3. The van der Waals surface area contributed by atoms with Gasteiger partial charge in [0.05, 0.1) is 17.6 Å². The Labute approximate surface area is 159 Å². The van der Waals surface area contributed by atoms with Crippen LogP contribution in [-0.2, 0) is 0 Å². The maximum Gasteiger partial charge on any atom is 0.253 e. The summed E-state index contributed by atoms with van der Waals surface area (Å²) in [7, 11) is 0. The second-order valence-electron chi connectivity index (χ2n) is 7.36. The second-order valence-corrected chi connectivity index (χ2v) is 7.36. The number of benzene rings is 2. The van der Waals surface area contributed by atoms with Crippen LogP contribution in [0.25, 0.3) is 10.9 Å².